The number of aliphatic hydroxyl groups excluding tert-OH is 3. The van der Waals surface area contributed by atoms with Gasteiger partial charge in [0.25, 0.3) is 0 Å². The molecular formula is C35H56O5. The van der Waals surface area contributed by atoms with E-state index in [1.54, 1.807) is 13.0 Å². The van der Waals surface area contributed by atoms with Gasteiger partial charge in [-0.05, 0) is 110 Å². The molecular weight excluding hydrogens is 500 g/mol. The van der Waals surface area contributed by atoms with Crippen LogP contribution in [0.2, 0.25) is 0 Å². The Balaban J connectivity index is 1.65. The van der Waals surface area contributed by atoms with Crippen molar-refractivity contribution in [1.82, 2.24) is 0 Å². The Bertz CT molecular complexity index is 1100. The van der Waals surface area contributed by atoms with Crippen molar-refractivity contribution in [3.05, 3.63) is 23.3 Å². The molecule has 10 unspecified atom stereocenters. The Hall–Kier alpha value is -1.17. The molecule has 0 aromatic rings. The average molecular weight is 557 g/mol. The van der Waals surface area contributed by atoms with Crippen LogP contribution in [0.15, 0.2) is 23.3 Å². The quantitative estimate of drug-likeness (QED) is 0.207. The Kier molecular flexibility index (Phi) is 7.13. The summed E-state index contributed by atoms with van der Waals surface area (Å²) in [6, 6.07) is 0. The van der Waals surface area contributed by atoms with E-state index in [1.807, 2.05) is 6.92 Å². The van der Waals surface area contributed by atoms with E-state index in [9.17, 15) is 20.1 Å². The fourth-order valence-electron chi connectivity index (χ4n) is 11.4. The maximum atomic E-state index is 13.3. The van der Waals surface area contributed by atoms with Crippen LogP contribution in [0.3, 0.4) is 0 Å². The molecule has 4 saturated carbocycles. The van der Waals surface area contributed by atoms with Crippen molar-refractivity contribution in [2.45, 2.75) is 132 Å². The monoisotopic (exact) mass is 556 g/mol. The second-order valence-electron chi connectivity index (χ2n) is 16.7. The van der Waals surface area contributed by atoms with E-state index in [0.717, 1.165) is 38.5 Å². The number of esters is 1. The molecule has 5 heteroatoms. The van der Waals surface area contributed by atoms with Gasteiger partial charge in [-0.1, -0.05) is 66.2 Å². The van der Waals surface area contributed by atoms with E-state index in [0.29, 0.717) is 30.3 Å². The molecule has 40 heavy (non-hydrogen) atoms. The third-order valence-electron chi connectivity index (χ3n) is 14.1. The molecule has 0 radical (unpaired) electrons. The van der Waals surface area contributed by atoms with Crippen molar-refractivity contribution in [1.29, 1.82) is 0 Å². The van der Waals surface area contributed by atoms with Crippen molar-refractivity contribution in [3.63, 3.8) is 0 Å². The molecule has 5 nitrogen and oxygen atoms in total. The van der Waals surface area contributed by atoms with Gasteiger partial charge >= 0.3 is 5.97 Å². The first-order chi connectivity index (χ1) is 18.4. The van der Waals surface area contributed by atoms with Crippen LogP contribution in [0.25, 0.3) is 0 Å². The molecule has 10 atom stereocenters. The van der Waals surface area contributed by atoms with E-state index in [2.05, 4.69) is 54.5 Å². The van der Waals surface area contributed by atoms with Gasteiger partial charge in [0, 0.05) is 5.57 Å². The molecule has 3 N–H and O–H groups in total. The maximum Gasteiger partial charge on any atom is 0.333 e. The van der Waals surface area contributed by atoms with Gasteiger partial charge in [-0.2, -0.15) is 0 Å². The lowest BCUT2D eigenvalue weighted by atomic mass is 9.33. The molecule has 0 aromatic carbocycles. The Morgan fingerprint density at radius 1 is 0.975 bits per heavy atom. The highest BCUT2D eigenvalue weighted by molar-refractivity contribution is 5.87. The van der Waals surface area contributed by atoms with E-state index in [-0.39, 0.29) is 51.7 Å². The number of rotatable bonds is 3. The van der Waals surface area contributed by atoms with Crippen molar-refractivity contribution in [2.75, 3.05) is 6.61 Å². The number of fused-ring (bicyclic) bond motifs is 7. The summed E-state index contributed by atoms with van der Waals surface area (Å²) in [5.74, 6) is 0.521. The van der Waals surface area contributed by atoms with Crippen LogP contribution in [-0.2, 0) is 9.53 Å². The molecule has 0 saturated heterocycles. The summed E-state index contributed by atoms with van der Waals surface area (Å²) in [5, 5.41) is 33.9. The molecule has 0 spiro atoms. The maximum absolute atomic E-state index is 13.3. The Labute approximate surface area is 242 Å². The van der Waals surface area contributed by atoms with Gasteiger partial charge in [-0.15, -0.1) is 0 Å². The van der Waals surface area contributed by atoms with Gasteiger partial charge < -0.3 is 20.1 Å². The number of carbonyl (C=O) groups excluding carboxylic acids is 1. The molecule has 0 bridgehead atoms. The summed E-state index contributed by atoms with van der Waals surface area (Å²) in [6.07, 6.45) is 9.81. The van der Waals surface area contributed by atoms with Crippen LogP contribution in [0, 0.1) is 50.2 Å². The van der Waals surface area contributed by atoms with Crippen LogP contribution in [0.1, 0.15) is 114 Å². The van der Waals surface area contributed by atoms with Gasteiger partial charge in [-0.25, -0.2) is 4.79 Å². The largest absolute Gasteiger partial charge is 0.458 e. The van der Waals surface area contributed by atoms with Crippen molar-refractivity contribution in [3.8, 4) is 0 Å². The number of hydrogen-bond donors (Lipinski definition) is 3. The van der Waals surface area contributed by atoms with Crippen molar-refractivity contribution >= 4 is 5.97 Å². The molecule has 0 amide bonds. The normalized spacial score (nSPS) is 49.5. The standard InChI is InChI=1S/C35H56O5/c1-10-21(2)29(39)40-28-19-34(9)22(23-17-30(3,4)18-27(38)35(23,28)20-36)11-12-25-32(7)15-14-26(37)31(5,6)24(32)13-16-33(25,34)8/h10-11,23-28,36-38H,12-20H2,1-9H3. The Morgan fingerprint density at radius 2 is 1.65 bits per heavy atom. The zero-order chi connectivity index (χ0) is 29.7. The third kappa shape index (κ3) is 3.85. The first kappa shape index (κ1) is 30.3. The molecule has 5 aliphatic rings. The lowest BCUT2D eigenvalue weighted by Gasteiger charge is -2.72. The lowest BCUT2D eigenvalue weighted by molar-refractivity contribution is -0.240. The van der Waals surface area contributed by atoms with Gasteiger partial charge in [0.2, 0.25) is 0 Å². The van der Waals surface area contributed by atoms with Crippen LogP contribution in [0.4, 0.5) is 0 Å². The topological polar surface area (TPSA) is 87.0 Å². The average Bonchev–Trinajstić information content (AvgIpc) is 2.86. The minimum atomic E-state index is -0.897. The van der Waals surface area contributed by atoms with Crippen molar-refractivity contribution in [2.24, 2.45) is 50.2 Å². The minimum absolute atomic E-state index is 0.0187. The highest BCUT2D eigenvalue weighted by atomic mass is 16.5. The lowest BCUT2D eigenvalue weighted by Crippen LogP contribution is -2.69. The number of carbonyl (C=O) groups is 1. The van der Waals surface area contributed by atoms with Crippen LogP contribution in [-0.4, -0.2) is 46.2 Å². The fourth-order valence-corrected chi connectivity index (χ4v) is 11.4. The molecule has 0 heterocycles. The number of allylic oxidation sites excluding steroid dienone is 3. The number of hydrogen-bond acceptors (Lipinski definition) is 5. The first-order valence-corrected chi connectivity index (χ1v) is 16.0. The van der Waals surface area contributed by atoms with Gasteiger partial charge in [0.1, 0.15) is 6.10 Å². The van der Waals surface area contributed by atoms with Crippen LogP contribution in [0.5, 0.6) is 0 Å². The van der Waals surface area contributed by atoms with Crippen LogP contribution >= 0.6 is 0 Å². The van der Waals surface area contributed by atoms with E-state index in [1.165, 1.54) is 5.57 Å². The summed E-state index contributed by atoms with van der Waals surface area (Å²) < 4.78 is 6.38. The van der Waals surface area contributed by atoms with Gasteiger partial charge in [-0.3, -0.25) is 0 Å². The zero-order valence-electron chi connectivity index (χ0n) is 26.6. The third-order valence-corrected chi connectivity index (χ3v) is 14.1. The summed E-state index contributed by atoms with van der Waals surface area (Å²) in [4.78, 5) is 13.3. The smallest absolute Gasteiger partial charge is 0.333 e. The van der Waals surface area contributed by atoms with E-state index < -0.39 is 17.6 Å². The van der Waals surface area contributed by atoms with E-state index in [4.69, 9.17) is 4.74 Å². The van der Waals surface area contributed by atoms with Crippen LogP contribution < -0.4 is 0 Å². The molecule has 226 valence electrons. The Morgan fingerprint density at radius 3 is 2.27 bits per heavy atom. The highest BCUT2D eigenvalue weighted by Crippen LogP contribution is 2.76. The summed E-state index contributed by atoms with van der Waals surface area (Å²) >= 11 is 0. The fraction of sp³-hybridized carbons (Fsp3) is 0.857. The number of aliphatic hydroxyl groups is 3. The second-order valence-corrected chi connectivity index (χ2v) is 16.7. The molecule has 0 aliphatic heterocycles. The highest BCUT2D eigenvalue weighted by Gasteiger charge is 2.71. The predicted octanol–water partition coefficient (Wildman–Crippen LogP) is 6.60. The first-order valence-electron chi connectivity index (χ1n) is 16.0. The number of ether oxygens (including phenoxy) is 1. The second kappa shape index (κ2) is 9.41. The molecule has 5 aliphatic carbocycles. The predicted molar refractivity (Wildman–Crippen MR) is 158 cm³/mol. The van der Waals surface area contributed by atoms with Gasteiger partial charge in [0.15, 0.2) is 0 Å². The summed E-state index contributed by atoms with van der Waals surface area (Å²) in [7, 11) is 0. The summed E-state index contributed by atoms with van der Waals surface area (Å²) in [6.45, 7) is 19.8. The zero-order valence-corrected chi connectivity index (χ0v) is 26.6. The molecule has 4 fully saturated rings. The van der Waals surface area contributed by atoms with Crippen molar-refractivity contribution < 1.29 is 24.9 Å². The molecule has 0 aromatic heterocycles. The minimum Gasteiger partial charge on any atom is -0.458 e. The van der Waals surface area contributed by atoms with Gasteiger partial charge in [0.05, 0.1) is 24.2 Å². The van der Waals surface area contributed by atoms with E-state index >= 15 is 0 Å². The SMILES string of the molecule is CC=C(C)C(=O)OC1CC2(C)C(=CCC3C4(C)CCC(O)C(C)(C)C4CCC32C)C2CC(C)(C)CC(O)C12CO. The molecule has 5 rings (SSSR count). The summed E-state index contributed by atoms with van der Waals surface area (Å²) in [5.41, 5.74) is 0.726.